The zero-order valence-corrected chi connectivity index (χ0v) is 34.9. The number of rotatable bonds is 13. The van der Waals surface area contributed by atoms with Crippen LogP contribution in [0.4, 0.5) is 11.4 Å². The number of hydrogen-bond donors (Lipinski definition) is 1. The first-order valence-electron chi connectivity index (χ1n) is 20.3. The fraction of sp³-hybridized carbons (Fsp3) is 0.208. The van der Waals surface area contributed by atoms with Crippen molar-refractivity contribution in [1.29, 1.82) is 0 Å². The molecule has 1 N–H and O–H groups in total. The van der Waals surface area contributed by atoms with E-state index in [-0.39, 0.29) is 25.7 Å². The SMILES string of the molecule is O=C(CCCCN1/C(=C/c2ccnc3ccccc23)Sc2ccccc21)ON1C(=O)CCC1=O.O=C(O)CCCCN1/C(=C/c2ccnc3ccccc23)Sc2ccccc21. The average Bonchev–Trinajstić information content (AvgIpc) is 3.92. The monoisotopic (exact) mass is 849 g/mol. The van der Waals surface area contributed by atoms with Crippen LogP contribution in [-0.4, -0.2) is 57.0 Å². The number of carboxylic acids is 1. The first-order chi connectivity index (χ1) is 29.8. The fourth-order valence-corrected chi connectivity index (χ4v) is 9.71. The number of unbranched alkanes of at least 4 members (excludes halogenated alkanes) is 2. The van der Waals surface area contributed by atoms with Crippen molar-refractivity contribution in [3.63, 3.8) is 0 Å². The van der Waals surface area contributed by atoms with E-state index in [0.717, 1.165) is 69.6 Å². The molecular formula is C48H43N5O6S2. The maximum Gasteiger partial charge on any atom is 0.333 e. The lowest BCUT2D eigenvalue weighted by Gasteiger charge is -2.21. The van der Waals surface area contributed by atoms with E-state index < -0.39 is 23.8 Å². The standard InChI is InChI=1S/C26H23N3O4S.C22H20N2O2S/c30-23-12-13-24(31)29(23)33-26(32)11-5-6-16-28-21-9-3-4-10-22(21)34-25(28)17-18-14-15-27-20-8-2-1-7-19(18)20;25-22(26)11-5-6-14-24-19-9-3-4-10-20(19)27-21(24)15-16-12-13-23-18-8-2-1-7-17(16)18/h1-4,7-10,14-15,17H,5-6,11-13,16H2;1-4,7-10,12-13,15H,5-6,11,14H2,(H,25,26)/b25-17-;21-15-. The van der Waals surface area contributed by atoms with Crippen LogP contribution in [0.5, 0.6) is 0 Å². The normalized spacial score (nSPS) is 15.7. The molecule has 61 heavy (non-hydrogen) atoms. The minimum Gasteiger partial charge on any atom is -0.481 e. The predicted molar refractivity (Wildman–Crippen MR) is 241 cm³/mol. The van der Waals surface area contributed by atoms with Gasteiger partial charge in [0.1, 0.15) is 0 Å². The van der Waals surface area contributed by atoms with Crippen molar-refractivity contribution in [3.8, 4) is 0 Å². The van der Waals surface area contributed by atoms with Crippen LogP contribution in [0.1, 0.15) is 62.5 Å². The van der Waals surface area contributed by atoms with Gasteiger partial charge in [-0.25, -0.2) is 4.79 Å². The molecule has 0 atom stereocenters. The number of thioether (sulfide) groups is 2. The molecule has 5 heterocycles. The number of fused-ring (bicyclic) bond motifs is 4. The summed E-state index contributed by atoms with van der Waals surface area (Å²) in [7, 11) is 0. The zero-order valence-electron chi connectivity index (χ0n) is 33.3. The fourth-order valence-electron chi connectivity index (χ4n) is 7.43. The Labute approximate surface area is 362 Å². The van der Waals surface area contributed by atoms with Gasteiger partial charge in [0, 0.05) is 71.7 Å². The quantitative estimate of drug-likeness (QED) is 0.0876. The van der Waals surface area contributed by atoms with Crippen LogP contribution >= 0.6 is 23.5 Å². The van der Waals surface area contributed by atoms with Gasteiger partial charge in [0.05, 0.1) is 32.5 Å². The molecule has 0 saturated carbocycles. The molecule has 6 aromatic rings. The van der Waals surface area contributed by atoms with Crippen LogP contribution in [-0.2, 0) is 24.0 Å². The zero-order chi connectivity index (χ0) is 42.1. The van der Waals surface area contributed by atoms with E-state index in [9.17, 15) is 19.2 Å². The molecule has 3 aliphatic rings. The topological polar surface area (TPSA) is 133 Å². The molecule has 1 saturated heterocycles. The second-order valence-electron chi connectivity index (χ2n) is 14.6. The third-order valence-electron chi connectivity index (χ3n) is 10.4. The van der Waals surface area contributed by atoms with Gasteiger partial charge in [-0.1, -0.05) is 84.2 Å². The molecule has 2 aromatic heterocycles. The van der Waals surface area contributed by atoms with Crippen LogP contribution in [0.25, 0.3) is 34.0 Å². The van der Waals surface area contributed by atoms with Gasteiger partial charge in [0.15, 0.2) is 0 Å². The second kappa shape index (κ2) is 19.3. The molecule has 4 aromatic carbocycles. The lowest BCUT2D eigenvalue weighted by atomic mass is 10.1. The van der Waals surface area contributed by atoms with Crippen molar-refractivity contribution in [3.05, 3.63) is 143 Å². The Morgan fingerprint density at radius 3 is 1.57 bits per heavy atom. The summed E-state index contributed by atoms with van der Waals surface area (Å²) in [4.78, 5) is 67.0. The van der Waals surface area contributed by atoms with E-state index in [1.54, 1.807) is 23.5 Å². The van der Waals surface area contributed by atoms with Gasteiger partial charge in [-0.3, -0.25) is 24.4 Å². The van der Waals surface area contributed by atoms with Crippen molar-refractivity contribution in [2.45, 2.75) is 61.2 Å². The number of benzene rings is 4. The van der Waals surface area contributed by atoms with Crippen LogP contribution in [0, 0.1) is 0 Å². The van der Waals surface area contributed by atoms with Crippen molar-refractivity contribution in [2.24, 2.45) is 0 Å². The molecule has 9 rings (SSSR count). The highest BCUT2D eigenvalue weighted by molar-refractivity contribution is 8.04. The predicted octanol–water partition coefficient (Wildman–Crippen LogP) is 10.3. The summed E-state index contributed by atoms with van der Waals surface area (Å²) in [5, 5.41) is 14.0. The summed E-state index contributed by atoms with van der Waals surface area (Å²) in [5.41, 5.74) is 6.54. The molecule has 11 nitrogen and oxygen atoms in total. The summed E-state index contributed by atoms with van der Waals surface area (Å²) in [6.45, 7) is 1.54. The highest BCUT2D eigenvalue weighted by Gasteiger charge is 2.33. The van der Waals surface area contributed by atoms with Gasteiger partial charge < -0.3 is 19.7 Å². The molecular weight excluding hydrogens is 807 g/mol. The molecule has 308 valence electrons. The van der Waals surface area contributed by atoms with Crippen LogP contribution in [0.3, 0.4) is 0 Å². The van der Waals surface area contributed by atoms with Crippen LogP contribution in [0.2, 0.25) is 0 Å². The van der Waals surface area contributed by atoms with E-state index in [0.29, 0.717) is 17.9 Å². The maximum atomic E-state index is 12.1. The Morgan fingerprint density at radius 1 is 0.607 bits per heavy atom. The first-order valence-corrected chi connectivity index (χ1v) is 21.9. The van der Waals surface area contributed by atoms with E-state index in [1.807, 2.05) is 73.1 Å². The highest BCUT2D eigenvalue weighted by atomic mass is 32.2. The Balaban J connectivity index is 0.000000173. The first kappa shape index (κ1) is 41.3. The molecule has 0 bridgehead atoms. The number of amides is 2. The summed E-state index contributed by atoms with van der Waals surface area (Å²) in [6, 6.07) is 37.0. The maximum absolute atomic E-state index is 12.1. The summed E-state index contributed by atoms with van der Waals surface area (Å²) < 4.78 is 0. The van der Waals surface area contributed by atoms with Gasteiger partial charge in [-0.05, 0) is 97.5 Å². The number of hydroxylamine groups is 2. The van der Waals surface area contributed by atoms with Gasteiger partial charge in [-0.15, -0.1) is 5.06 Å². The van der Waals surface area contributed by atoms with E-state index >= 15 is 0 Å². The van der Waals surface area contributed by atoms with Gasteiger partial charge in [-0.2, -0.15) is 0 Å². The number of aliphatic carboxylic acids is 1. The molecule has 0 aliphatic carbocycles. The lowest BCUT2D eigenvalue weighted by Crippen LogP contribution is -2.32. The van der Waals surface area contributed by atoms with E-state index in [4.69, 9.17) is 9.94 Å². The summed E-state index contributed by atoms with van der Waals surface area (Å²) in [6.07, 6.45) is 11.5. The summed E-state index contributed by atoms with van der Waals surface area (Å²) >= 11 is 3.49. The Bertz CT molecular complexity index is 2660. The molecule has 0 spiro atoms. The van der Waals surface area contributed by atoms with Crippen LogP contribution < -0.4 is 9.80 Å². The number of imide groups is 1. The number of carbonyl (C=O) groups is 4. The molecule has 2 amide bonds. The van der Waals surface area contributed by atoms with Gasteiger partial charge in [0.25, 0.3) is 11.8 Å². The number of anilines is 2. The Kier molecular flexibility index (Phi) is 13.1. The Morgan fingerprint density at radius 2 is 1.07 bits per heavy atom. The smallest absolute Gasteiger partial charge is 0.333 e. The van der Waals surface area contributed by atoms with Gasteiger partial charge in [0.2, 0.25) is 0 Å². The number of pyridine rings is 2. The average molecular weight is 850 g/mol. The van der Waals surface area contributed by atoms with Crippen molar-refractivity contribution >= 4 is 92.6 Å². The number of hydrogen-bond acceptors (Lipinski definition) is 11. The van der Waals surface area contributed by atoms with Crippen molar-refractivity contribution in [2.75, 3.05) is 22.9 Å². The third kappa shape index (κ3) is 9.80. The number of para-hydroxylation sites is 4. The van der Waals surface area contributed by atoms with Crippen LogP contribution in [0.15, 0.2) is 141 Å². The largest absolute Gasteiger partial charge is 0.481 e. The van der Waals surface area contributed by atoms with Crippen molar-refractivity contribution in [1.82, 2.24) is 15.0 Å². The molecule has 0 radical (unpaired) electrons. The lowest BCUT2D eigenvalue weighted by molar-refractivity contribution is -0.197. The minimum absolute atomic E-state index is 0.0972. The third-order valence-corrected chi connectivity index (χ3v) is 12.7. The molecule has 1 fully saturated rings. The van der Waals surface area contributed by atoms with Crippen molar-refractivity contribution < 1.29 is 29.1 Å². The number of carboxylic acid groups (broad SMARTS) is 1. The second-order valence-corrected chi connectivity index (χ2v) is 16.7. The van der Waals surface area contributed by atoms with Gasteiger partial charge >= 0.3 is 11.9 Å². The number of nitrogens with zero attached hydrogens (tertiary/aromatic N) is 5. The van der Waals surface area contributed by atoms with E-state index in [1.165, 1.54) is 20.5 Å². The number of aromatic nitrogens is 2. The molecule has 0 unspecified atom stereocenters. The molecule has 3 aliphatic heterocycles. The summed E-state index contributed by atoms with van der Waals surface area (Å²) in [5.74, 6) is -2.20. The molecule has 13 heteroatoms. The Hall–Kier alpha value is -6.44. The number of carbonyl (C=O) groups excluding carboxylic acids is 3. The van der Waals surface area contributed by atoms with E-state index in [2.05, 4.69) is 80.5 Å². The minimum atomic E-state index is -0.731. The highest BCUT2D eigenvalue weighted by Crippen LogP contribution is 2.48.